The fraction of sp³-hybridized carbons (Fsp3) is 0.182. The molecule has 2 fully saturated rings. The number of nitrogens with zero attached hydrogens (tertiary/aromatic N) is 2. The number of benzene rings is 2. The Morgan fingerprint density at radius 2 is 1.81 bits per heavy atom. The highest BCUT2D eigenvalue weighted by Crippen LogP contribution is 2.32. The standard InChI is InChI=1S/C22H19N3OS/c26-21-19(23-22(27)25(21)17-10-11-17)12-16-14-24(13-15-6-2-1-3-7-15)20-9-5-4-8-18(16)20/h1-9,12,14,17H,10-11,13H2,(H,23,27). The zero-order valence-electron chi connectivity index (χ0n) is 14.8. The average Bonchev–Trinajstić information content (AvgIpc) is 3.40. The number of para-hydroxylation sites is 1. The second kappa shape index (κ2) is 6.35. The van der Waals surface area contributed by atoms with Crippen LogP contribution in [0.5, 0.6) is 0 Å². The van der Waals surface area contributed by atoms with Crippen LogP contribution >= 0.6 is 12.2 Å². The Morgan fingerprint density at radius 1 is 1.07 bits per heavy atom. The molecule has 134 valence electrons. The molecule has 1 aromatic heterocycles. The van der Waals surface area contributed by atoms with Crippen LogP contribution in [0.15, 0.2) is 66.5 Å². The maximum atomic E-state index is 12.7. The molecule has 1 saturated carbocycles. The van der Waals surface area contributed by atoms with Gasteiger partial charge in [0, 0.05) is 35.2 Å². The lowest BCUT2D eigenvalue weighted by Gasteiger charge is -2.11. The monoisotopic (exact) mass is 373 g/mol. The van der Waals surface area contributed by atoms with Crippen LogP contribution in [0.2, 0.25) is 0 Å². The van der Waals surface area contributed by atoms with Gasteiger partial charge < -0.3 is 9.88 Å². The van der Waals surface area contributed by atoms with Gasteiger partial charge in [0.25, 0.3) is 5.91 Å². The van der Waals surface area contributed by atoms with Crippen molar-refractivity contribution in [3.05, 3.63) is 77.6 Å². The van der Waals surface area contributed by atoms with Gasteiger partial charge in [0.1, 0.15) is 5.70 Å². The molecule has 1 aliphatic heterocycles. The number of carbonyl (C=O) groups is 1. The summed E-state index contributed by atoms with van der Waals surface area (Å²) in [6, 6.07) is 19.0. The minimum atomic E-state index is -0.0117. The van der Waals surface area contributed by atoms with E-state index in [0.717, 1.165) is 35.9 Å². The van der Waals surface area contributed by atoms with E-state index < -0.39 is 0 Å². The second-order valence-electron chi connectivity index (χ2n) is 7.11. The van der Waals surface area contributed by atoms with Crippen molar-refractivity contribution in [3.8, 4) is 0 Å². The molecule has 0 unspecified atom stereocenters. The number of hydrogen-bond donors (Lipinski definition) is 1. The Bertz CT molecular complexity index is 1080. The molecule has 1 amide bonds. The van der Waals surface area contributed by atoms with Crippen molar-refractivity contribution in [1.29, 1.82) is 0 Å². The van der Waals surface area contributed by atoms with E-state index in [0.29, 0.717) is 10.8 Å². The molecule has 0 radical (unpaired) electrons. The van der Waals surface area contributed by atoms with Crippen LogP contribution in [0.4, 0.5) is 0 Å². The summed E-state index contributed by atoms with van der Waals surface area (Å²) >= 11 is 5.36. The predicted octanol–water partition coefficient (Wildman–Crippen LogP) is 3.91. The van der Waals surface area contributed by atoms with Gasteiger partial charge in [-0.05, 0) is 42.8 Å². The minimum Gasteiger partial charge on any atom is -0.342 e. The van der Waals surface area contributed by atoms with Crippen LogP contribution in [0.1, 0.15) is 24.0 Å². The Hall–Kier alpha value is -2.92. The molecule has 0 bridgehead atoms. The summed E-state index contributed by atoms with van der Waals surface area (Å²) in [5.74, 6) is -0.0117. The molecule has 4 nitrogen and oxygen atoms in total. The van der Waals surface area contributed by atoms with E-state index in [-0.39, 0.29) is 11.9 Å². The van der Waals surface area contributed by atoms with Gasteiger partial charge in [-0.25, -0.2) is 0 Å². The molecule has 2 aliphatic rings. The van der Waals surface area contributed by atoms with Crippen molar-refractivity contribution in [2.75, 3.05) is 0 Å². The fourth-order valence-electron chi connectivity index (χ4n) is 3.67. The molecule has 1 N–H and O–H groups in total. The van der Waals surface area contributed by atoms with Crippen molar-refractivity contribution in [1.82, 2.24) is 14.8 Å². The predicted molar refractivity (Wildman–Crippen MR) is 111 cm³/mol. The number of thiocarbonyl (C=S) groups is 1. The largest absolute Gasteiger partial charge is 0.342 e. The molecule has 2 aromatic carbocycles. The SMILES string of the molecule is O=C1C(=Cc2cn(Cc3ccccc3)c3ccccc23)NC(=S)N1C1CC1. The number of amides is 1. The minimum absolute atomic E-state index is 0.0117. The Labute approximate surface area is 163 Å². The molecule has 0 atom stereocenters. The van der Waals surface area contributed by atoms with E-state index >= 15 is 0 Å². The first-order valence-electron chi connectivity index (χ1n) is 9.19. The van der Waals surface area contributed by atoms with Crippen LogP contribution < -0.4 is 5.32 Å². The number of rotatable bonds is 4. The summed E-state index contributed by atoms with van der Waals surface area (Å²) in [5, 5.41) is 4.77. The van der Waals surface area contributed by atoms with Crippen molar-refractivity contribution < 1.29 is 4.79 Å². The van der Waals surface area contributed by atoms with Gasteiger partial charge in [0.15, 0.2) is 5.11 Å². The van der Waals surface area contributed by atoms with E-state index in [4.69, 9.17) is 12.2 Å². The molecule has 27 heavy (non-hydrogen) atoms. The molecular formula is C22H19N3OS. The number of fused-ring (bicyclic) bond motifs is 1. The van der Waals surface area contributed by atoms with Crippen LogP contribution in [-0.2, 0) is 11.3 Å². The molecule has 2 heterocycles. The number of carbonyl (C=O) groups excluding carboxylic acids is 1. The molecule has 1 saturated heterocycles. The Kier molecular flexibility index (Phi) is 3.83. The van der Waals surface area contributed by atoms with Crippen LogP contribution in [0.25, 0.3) is 17.0 Å². The highest BCUT2D eigenvalue weighted by atomic mass is 32.1. The summed E-state index contributed by atoms with van der Waals surface area (Å²) < 4.78 is 2.23. The van der Waals surface area contributed by atoms with Crippen LogP contribution in [0, 0.1) is 0 Å². The summed E-state index contributed by atoms with van der Waals surface area (Å²) in [4.78, 5) is 14.5. The number of aromatic nitrogens is 1. The zero-order valence-corrected chi connectivity index (χ0v) is 15.6. The van der Waals surface area contributed by atoms with E-state index in [1.165, 1.54) is 5.56 Å². The van der Waals surface area contributed by atoms with Gasteiger partial charge in [0.2, 0.25) is 0 Å². The van der Waals surface area contributed by atoms with Crippen molar-refractivity contribution in [3.63, 3.8) is 0 Å². The van der Waals surface area contributed by atoms with E-state index in [2.05, 4.69) is 52.5 Å². The first kappa shape index (κ1) is 16.3. The average molecular weight is 373 g/mol. The third-order valence-corrected chi connectivity index (χ3v) is 5.44. The third-order valence-electron chi connectivity index (χ3n) is 5.14. The van der Waals surface area contributed by atoms with Crippen LogP contribution in [-0.4, -0.2) is 26.5 Å². The normalized spacial score (nSPS) is 18.5. The van der Waals surface area contributed by atoms with Gasteiger partial charge >= 0.3 is 0 Å². The smallest absolute Gasteiger partial charge is 0.276 e. The summed E-state index contributed by atoms with van der Waals surface area (Å²) in [6.07, 6.45) is 6.12. The Morgan fingerprint density at radius 3 is 2.59 bits per heavy atom. The molecule has 1 aliphatic carbocycles. The van der Waals surface area contributed by atoms with Gasteiger partial charge in [-0.3, -0.25) is 9.69 Å². The fourth-order valence-corrected chi connectivity index (χ4v) is 4.01. The van der Waals surface area contributed by atoms with Crippen molar-refractivity contribution in [2.24, 2.45) is 0 Å². The Balaban J connectivity index is 1.54. The topological polar surface area (TPSA) is 37.3 Å². The molecular weight excluding hydrogens is 354 g/mol. The summed E-state index contributed by atoms with van der Waals surface area (Å²) in [6.45, 7) is 0.790. The highest BCUT2D eigenvalue weighted by molar-refractivity contribution is 7.80. The molecule has 0 spiro atoms. The molecule has 5 heteroatoms. The summed E-state index contributed by atoms with van der Waals surface area (Å²) in [7, 11) is 0. The summed E-state index contributed by atoms with van der Waals surface area (Å²) in [5.41, 5.74) is 3.99. The second-order valence-corrected chi connectivity index (χ2v) is 7.50. The first-order valence-corrected chi connectivity index (χ1v) is 9.59. The van der Waals surface area contributed by atoms with E-state index in [1.54, 1.807) is 4.90 Å². The van der Waals surface area contributed by atoms with Gasteiger partial charge in [-0.1, -0.05) is 48.5 Å². The maximum Gasteiger partial charge on any atom is 0.276 e. The lowest BCUT2D eigenvalue weighted by molar-refractivity contribution is -0.122. The quantitative estimate of drug-likeness (QED) is 0.557. The maximum absolute atomic E-state index is 12.7. The highest BCUT2D eigenvalue weighted by Gasteiger charge is 2.41. The third kappa shape index (κ3) is 2.94. The molecule has 3 aromatic rings. The molecule has 5 rings (SSSR count). The van der Waals surface area contributed by atoms with Gasteiger partial charge in [-0.15, -0.1) is 0 Å². The lowest BCUT2D eigenvalue weighted by Crippen LogP contribution is -2.32. The van der Waals surface area contributed by atoms with Gasteiger partial charge in [-0.2, -0.15) is 0 Å². The number of nitrogens with one attached hydrogen (secondary N) is 1. The van der Waals surface area contributed by atoms with E-state index in [1.807, 2.05) is 24.3 Å². The van der Waals surface area contributed by atoms with Crippen molar-refractivity contribution in [2.45, 2.75) is 25.4 Å². The van der Waals surface area contributed by atoms with E-state index in [9.17, 15) is 4.79 Å². The van der Waals surface area contributed by atoms with Gasteiger partial charge in [0.05, 0.1) is 0 Å². The number of hydrogen-bond acceptors (Lipinski definition) is 2. The first-order chi connectivity index (χ1) is 13.2. The lowest BCUT2D eigenvalue weighted by atomic mass is 10.1. The van der Waals surface area contributed by atoms with Crippen LogP contribution in [0.3, 0.4) is 0 Å². The zero-order chi connectivity index (χ0) is 18.4. The van der Waals surface area contributed by atoms with Crippen molar-refractivity contribution >= 4 is 40.2 Å².